The molecule has 132 valence electrons. The number of pyridine rings is 1. The molecular formula is C21H26N2O2. The van der Waals surface area contributed by atoms with Crippen molar-refractivity contribution in [2.24, 2.45) is 5.41 Å². The number of nitrogens with zero attached hydrogens (tertiary/aromatic N) is 1. The highest BCUT2D eigenvalue weighted by Crippen LogP contribution is 2.39. The minimum atomic E-state index is -0.273. The number of aromatic nitrogens is 1. The summed E-state index contributed by atoms with van der Waals surface area (Å²) in [7, 11) is 0. The molecule has 4 heteroatoms. The summed E-state index contributed by atoms with van der Waals surface area (Å²) in [5.41, 5.74) is 4.35. The van der Waals surface area contributed by atoms with Crippen LogP contribution >= 0.6 is 0 Å². The number of rotatable bonds is 4. The van der Waals surface area contributed by atoms with Gasteiger partial charge < -0.3 is 10.4 Å². The Kier molecular flexibility index (Phi) is 4.91. The van der Waals surface area contributed by atoms with Gasteiger partial charge in [-0.1, -0.05) is 38.1 Å². The van der Waals surface area contributed by atoms with Crippen molar-refractivity contribution < 1.29 is 9.90 Å². The van der Waals surface area contributed by atoms with E-state index < -0.39 is 0 Å². The number of para-hydroxylation sites is 1. The lowest BCUT2D eigenvalue weighted by Crippen LogP contribution is -2.35. The Morgan fingerprint density at radius 2 is 2.20 bits per heavy atom. The normalized spacial score (nSPS) is 17.8. The zero-order valence-corrected chi connectivity index (χ0v) is 15.2. The summed E-state index contributed by atoms with van der Waals surface area (Å²) in [6.07, 6.45) is 7.28. The molecular weight excluding hydrogens is 312 g/mol. The van der Waals surface area contributed by atoms with E-state index in [9.17, 15) is 4.79 Å². The summed E-state index contributed by atoms with van der Waals surface area (Å²) >= 11 is 0. The first-order valence-electron chi connectivity index (χ1n) is 8.89. The number of carbonyl (C=O) groups is 1. The molecule has 1 aliphatic rings. The van der Waals surface area contributed by atoms with Crippen LogP contribution in [0.4, 0.5) is 0 Å². The third-order valence-electron chi connectivity index (χ3n) is 4.94. The molecule has 0 saturated heterocycles. The topological polar surface area (TPSA) is 62.2 Å². The Morgan fingerprint density at radius 3 is 2.88 bits per heavy atom. The molecule has 0 bridgehead atoms. The Bertz CT molecular complexity index is 824. The van der Waals surface area contributed by atoms with Gasteiger partial charge in [-0.2, -0.15) is 0 Å². The van der Waals surface area contributed by atoms with Gasteiger partial charge in [-0.15, -0.1) is 0 Å². The molecule has 3 rings (SSSR count). The maximum absolute atomic E-state index is 12.2. The molecule has 0 aliphatic heterocycles. The smallest absolute Gasteiger partial charge is 0.253 e. The van der Waals surface area contributed by atoms with E-state index in [1.807, 2.05) is 18.2 Å². The Hall–Kier alpha value is -2.20. The van der Waals surface area contributed by atoms with E-state index in [4.69, 9.17) is 5.11 Å². The number of hydrogen-bond acceptors (Lipinski definition) is 3. The van der Waals surface area contributed by atoms with Crippen LogP contribution in [-0.4, -0.2) is 28.6 Å². The van der Waals surface area contributed by atoms with E-state index in [2.05, 4.69) is 36.3 Å². The third-order valence-corrected chi connectivity index (χ3v) is 4.94. The Balaban J connectivity index is 1.93. The van der Waals surface area contributed by atoms with Crippen LogP contribution < -0.4 is 5.32 Å². The van der Waals surface area contributed by atoms with Crippen molar-refractivity contribution in [2.75, 3.05) is 6.61 Å². The number of carbonyl (C=O) groups excluding carboxylic acids is 1. The van der Waals surface area contributed by atoms with Gasteiger partial charge in [0.05, 0.1) is 17.7 Å². The van der Waals surface area contributed by atoms with Crippen LogP contribution in [0.3, 0.4) is 0 Å². The number of hydrogen-bond donors (Lipinski definition) is 2. The summed E-state index contributed by atoms with van der Waals surface area (Å²) in [5.74, 6) is -0.208. The summed E-state index contributed by atoms with van der Waals surface area (Å²) in [5, 5.41) is 12.8. The molecule has 1 unspecified atom stereocenters. The first kappa shape index (κ1) is 17.6. The van der Waals surface area contributed by atoms with Gasteiger partial charge in [-0.3, -0.25) is 9.78 Å². The van der Waals surface area contributed by atoms with Gasteiger partial charge in [0, 0.05) is 23.2 Å². The standard InChI is InChI=1S/C21H26N2O2/c1-14(13-24)23-20(25)17-11-16-5-4-6-18(19(16)22-12-17)15-7-9-21(2,3)10-8-15/h4-7,11-12,14,24H,8-10,13H2,1-3H3,(H,23,25). The first-order valence-corrected chi connectivity index (χ1v) is 8.89. The lowest BCUT2D eigenvalue weighted by molar-refractivity contribution is 0.0922. The molecule has 1 aromatic heterocycles. The molecule has 1 aromatic carbocycles. The maximum Gasteiger partial charge on any atom is 0.253 e. The van der Waals surface area contributed by atoms with Crippen molar-refractivity contribution >= 4 is 22.4 Å². The number of fused-ring (bicyclic) bond motifs is 1. The summed E-state index contributed by atoms with van der Waals surface area (Å²) in [6.45, 7) is 6.29. The summed E-state index contributed by atoms with van der Waals surface area (Å²) in [4.78, 5) is 16.8. The van der Waals surface area contributed by atoms with Crippen molar-refractivity contribution in [2.45, 2.75) is 46.1 Å². The second-order valence-electron chi connectivity index (χ2n) is 7.76. The Morgan fingerprint density at radius 1 is 1.40 bits per heavy atom. The molecule has 1 atom stereocenters. The number of nitrogens with one attached hydrogen (secondary N) is 1. The highest BCUT2D eigenvalue weighted by Gasteiger charge is 2.23. The zero-order chi connectivity index (χ0) is 18.0. The minimum absolute atomic E-state index is 0.0819. The molecule has 0 spiro atoms. The number of aliphatic hydroxyl groups is 1. The number of allylic oxidation sites excluding steroid dienone is 2. The molecule has 0 fully saturated rings. The number of amides is 1. The van der Waals surface area contributed by atoms with E-state index in [0.29, 0.717) is 11.0 Å². The fourth-order valence-corrected chi connectivity index (χ4v) is 3.22. The fraction of sp³-hybridized carbons (Fsp3) is 0.429. The van der Waals surface area contributed by atoms with Gasteiger partial charge in [0.25, 0.3) is 5.91 Å². The molecule has 0 saturated carbocycles. The summed E-state index contributed by atoms with van der Waals surface area (Å²) in [6, 6.07) is 7.74. The van der Waals surface area contributed by atoms with Crippen molar-refractivity contribution in [1.82, 2.24) is 10.3 Å². The number of aliphatic hydroxyl groups excluding tert-OH is 1. The third kappa shape index (κ3) is 3.90. The predicted molar refractivity (Wildman–Crippen MR) is 101 cm³/mol. The SMILES string of the molecule is CC(CO)NC(=O)c1cnc2c(C3=CCC(C)(C)CC3)cccc2c1. The van der Waals surface area contributed by atoms with Crippen molar-refractivity contribution in [3.63, 3.8) is 0 Å². The molecule has 0 radical (unpaired) electrons. The number of benzene rings is 1. The quantitative estimate of drug-likeness (QED) is 0.887. The lowest BCUT2D eigenvalue weighted by Gasteiger charge is -2.29. The second-order valence-corrected chi connectivity index (χ2v) is 7.76. The average Bonchev–Trinajstić information content (AvgIpc) is 2.60. The first-order chi connectivity index (χ1) is 11.9. The molecule has 25 heavy (non-hydrogen) atoms. The van der Waals surface area contributed by atoms with Crippen LogP contribution in [0.2, 0.25) is 0 Å². The minimum Gasteiger partial charge on any atom is -0.394 e. The molecule has 1 amide bonds. The molecule has 1 heterocycles. The monoisotopic (exact) mass is 338 g/mol. The van der Waals surface area contributed by atoms with Gasteiger partial charge in [0.2, 0.25) is 0 Å². The molecule has 4 nitrogen and oxygen atoms in total. The maximum atomic E-state index is 12.2. The molecule has 2 aromatic rings. The van der Waals surface area contributed by atoms with Crippen LogP contribution in [0.5, 0.6) is 0 Å². The van der Waals surface area contributed by atoms with E-state index >= 15 is 0 Å². The summed E-state index contributed by atoms with van der Waals surface area (Å²) < 4.78 is 0. The van der Waals surface area contributed by atoms with Crippen molar-refractivity contribution in [3.05, 3.63) is 47.7 Å². The van der Waals surface area contributed by atoms with Crippen LogP contribution in [0.1, 0.15) is 56.0 Å². The fourth-order valence-electron chi connectivity index (χ4n) is 3.22. The average molecular weight is 338 g/mol. The van der Waals surface area contributed by atoms with E-state index in [-0.39, 0.29) is 18.6 Å². The van der Waals surface area contributed by atoms with Crippen molar-refractivity contribution in [1.29, 1.82) is 0 Å². The highest BCUT2D eigenvalue weighted by atomic mass is 16.3. The van der Waals surface area contributed by atoms with Gasteiger partial charge in [0.15, 0.2) is 0 Å². The zero-order valence-electron chi connectivity index (χ0n) is 15.2. The molecule has 2 N–H and O–H groups in total. The van der Waals surface area contributed by atoms with Crippen LogP contribution in [0.25, 0.3) is 16.5 Å². The van der Waals surface area contributed by atoms with E-state index in [0.717, 1.165) is 23.7 Å². The Labute approximate surface area is 149 Å². The van der Waals surface area contributed by atoms with Gasteiger partial charge in [-0.05, 0) is 43.2 Å². The van der Waals surface area contributed by atoms with Gasteiger partial charge >= 0.3 is 0 Å². The van der Waals surface area contributed by atoms with Crippen LogP contribution in [0.15, 0.2) is 36.5 Å². The molecule has 1 aliphatic carbocycles. The van der Waals surface area contributed by atoms with E-state index in [1.54, 1.807) is 13.1 Å². The lowest BCUT2D eigenvalue weighted by atomic mass is 9.77. The highest BCUT2D eigenvalue weighted by molar-refractivity contribution is 5.99. The largest absolute Gasteiger partial charge is 0.394 e. The van der Waals surface area contributed by atoms with Gasteiger partial charge in [-0.25, -0.2) is 0 Å². The van der Waals surface area contributed by atoms with Gasteiger partial charge in [0.1, 0.15) is 0 Å². The van der Waals surface area contributed by atoms with Crippen LogP contribution in [0, 0.1) is 5.41 Å². The van der Waals surface area contributed by atoms with Crippen molar-refractivity contribution in [3.8, 4) is 0 Å². The predicted octanol–water partition coefficient (Wildman–Crippen LogP) is 3.94. The van der Waals surface area contributed by atoms with Crippen LogP contribution in [-0.2, 0) is 0 Å². The van der Waals surface area contributed by atoms with E-state index in [1.165, 1.54) is 17.6 Å². The second kappa shape index (κ2) is 6.96.